The molecule has 0 bridgehead atoms. The topological polar surface area (TPSA) is 32.5 Å². The van der Waals surface area contributed by atoms with Gasteiger partial charge in [0.05, 0.1) is 6.04 Å². The van der Waals surface area contributed by atoms with Crippen molar-refractivity contribution in [1.29, 1.82) is 0 Å². The van der Waals surface area contributed by atoms with Crippen LogP contribution in [0.2, 0.25) is 0 Å². The Kier molecular flexibility index (Phi) is 5.39. The SMILES string of the molecule is CCc1ccc(C(CN)N2CCCC(N(C)C)C2)s1. The monoisotopic (exact) mass is 281 g/mol. The molecule has 0 aromatic carbocycles. The molecule has 4 heteroatoms. The zero-order valence-corrected chi connectivity index (χ0v) is 13.2. The first kappa shape index (κ1) is 15.0. The standard InChI is InChI=1S/C15H27N3S/c1-4-13-7-8-15(19-13)14(10-16)18-9-5-6-12(11-18)17(2)3/h7-8,12,14H,4-6,9-11,16H2,1-3H3. The fourth-order valence-corrected chi connectivity index (χ4v) is 4.00. The molecule has 2 atom stereocenters. The molecule has 108 valence electrons. The number of nitrogens with two attached hydrogens (primary N) is 1. The van der Waals surface area contributed by atoms with Crippen LogP contribution in [0.1, 0.15) is 35.6 Å². The van der Waals surface area contributed by atoms with Crippen molar-refractivity contribution in [2.75, 3.05) is 33.7 Å². The van der Waals surface area contributed by atoms with Crippen molar-refractivity contribution in [3.8, 4) is 0 Å². The number of piperidine rings is 1. The van der Waals surface area contributed by atoms with Gasteiger partial charge in [0, 0.05) is 28.9 Å². The Morgan fingerprint density at radius 2 is 2.26 bits per heavy atom. The van der Waals surface area contributed by atoms with E-state index in [2.05, 4.69) is 43.0 Å². The minimum absolute atomic E-state index is 0.410. The lowest BCUT2D eigenvalue weighted by Crippen LogP contribution is -2.47. The van der Waals surface area contributed by atoms with Crippen molar-refractivity contribution < 1.29 is 0 Å². The van der Waals surface area contributed by atoms with Crippen molar-refractivity contribution in [2.45, 2.75) is 38.3 Å². The van der Waals surface area contributed by atoms with Gasteiger partial charge in [-0.15, -0.1) is 11.3 Å². The minimum Gasteiger partial charge on any atom is -0.329 e. The quantitative estimate of drug-likeness (QED) is 0.899. The van der Waals surface area contributed by atoms with E-state index in [1.165, 1.54) is 29.1 Å². The summed E-state index contributed by atoms with van der Waals surface area (Å²) in [4.78, 5) is 7.85. The Labute approximate surface area is 121 Å². The number of nitrogens with zero attached hydrogens (tertiary/aromatic N) is 2. The Morgan fingerprint density at radius 3 is 2.84 bits per heavy atom. The summed E-state index contributed by atoms with van der Waals surface area (Å²) in [5, 5.41) is 0. The molecule has 0 spiro atoms. The molecule has 0 saturated carbocycles. The molecule has 1 aromatic heterocycles. The maximum Gasteiger partial charge on any atom is 0.0564 e. The highest BCUT2D eigenvalue weighted by Crippen LogP contribution is 2.30. The maximum absolute atomic E-state index is 6.06. The van der Waals surface area contributed by atoms with E-state index in [1.807, 2.05) is 11.3 Å². The van der Waals surface area contributed by atoms with E-state index in [4.69, 9.17) is 5.73 Å². The van der Waals surface area contributed by atoms with Gasteiger partial charge in [0.2, 0.25) is 0 Å². The van der Waals surface area contributed by atoms with Gasteiger partial charge in [0.1, 0.15) is 0 Å². The van der Waals surface area contributed by atoms with Crippen LogP contribution in [0.3, 0.4) is 0 Å². The number of likely N-dealkylation sites (N-methyl/N-ethyl adjacent to an activating group) is 1. The van der Waals surface area contributed by atoms with Crippen LogP contribution >= 0.6 is 11.3 Å². The minimum atomic E-state index is 0.410. The highest BCUT2D eigenvalue weighted by atomic mass is 32.1. The number of likely N-dealkylation sites (tertiary alicyclic amines) is 1. The number of hydrogen-bond donors (Lipinski definition) is 1. The second-order valence-electron chi connectivity index (χ2n) is 5.66. The highest BCUT2D eigenvalue weighted by molar-refractivity contribution is 7.12. The molecule has 1 saturated heterocycles. The van der Waals surface area contributed by atoms with E-state index in [0.29, 0.717) is 12.1 Å². The molecule has 2 N–H and O–H groups in total. The second kappa shape index (κ2) is 6.84. The largest absolute Gasteiger partial charge is 0.329 e. The molecule has 19 heavy (non-hydrogen) atoms. The molecule has 0 amide bonds. The summed E-state index contributed by atoms with van der Waals surface area (Å²) in [5.41, 5.74) is 6.06. The van der Waals surface area contributed by atoms with Gasteiger partial charge < -0.3 is 10.6 Å². The molecular formula is C15H27N3S. The van der Waals surface area contributed by atoms with Crippen LogP contribution in [-0.4, -0.2) is 49.6 Å². The highest BCUT2D eigenvalue weighted by Gasteiger charge is 2.27. The van der Waals surface area contributed by atoms with E-state index >= 15 is 0 Å². The van der Waals surface area contributed by atoms with Crippen LogP contribution in [-0.2, 0) is 6.42 Å². The molecular weight excluding hydrogens is 254 g/mol. The summed E-state index contributed by atoms with van der Waals surface area (Å²) in [6.45, 7) is 5.28. The molecule has 3 nitrogen and oxygen atoms in total. The first-order valence-corrected chi connectivity index (χ1v) is 8.16. The zero-order valence-electron chi connectivity index (χ0n) is 12.4. The second-order valence-corrected chi connectivity index (χ2v) is 6.86. The Morgan fingerprint density at radius 1 is 1.47 bits per heavy atom. The van der Waals surface area contributed by atoms with Gasteiger partial charge in [-0.1, -0.05) is 6.92 Å². The van der Waals surface area contributed by atoms with Crippen LogP contribution in [0.4, 0.5) is 0 Å². The third-order valence-electron chi connectivity index (χ3n) is 4.18. The normalized spacial score (nSPS) is 22.9. The first-order valence-electron chi connectivity index (χ1n) is 7.34. The summed E-state index contributed by atoms with van der Waals surface area (Å²) >= 11 is 1.93. The Hall–Kier alpha value is -0.420. The molecule has 0 radical (unpaired) electrons. The third-order valence-corrected chi connectivity index (χ3v) is 5.51. The Bertz CT molecular complexity index is 388. The van der Waals surface area contributed by atoms with Crippen molar-refractivity contribution in [1.82, 2.24) is 9.80 Å². The van der Waals surface area contributed by atoms with Crippen molar-refractivity contribution in [3.63, 3.8) is 0 Å². The zero-order chi connectivity index (χ0) is 13.8. The fraction of sp³-hybridized carbons (Fsp3) is 0.733. The summed E-state index contributed by atoms with van der Waals surface area (Å²) in [7, 11) is 4.37. The average molecular weight is 281 g/mol. The Balaban J connectivity index is 2.08. The summed E-state index contributed by atoms with van der Waals surface area (Å²) in [6, 6.07) is 5.62. The molecule has 1 fully saturated rings. The van der Waals surface area contributed by atoms with Crippen molar-refractivity contribution in [2.24, 2.45) is 5.73 Å². The van der Waals surface area contributed by atoms with Crippen LogP contribution in [0.5, 0.6) is 0 Å². The predicted molar refractivity (Wildman–Crippen MR) is 83.8 cm³/mol. The van der Waals surface area contributed by atoms with E-state index in [9.17, 15) is 0 Å². The number of hydrogen-bond acceptors (Lipinski definition) is 4. The number of thiophene rings is 1. The van der Waals surface area contributed by atoms with Crippen molar-refractivity contribution in [3.05, 3.63) is 21.9 Å². The van der Waals surface area contributed by atoms with Crippen LogP contribution in [0, 0.1) is 0 Å². The lowest BCUT2D eigenvalue weighted by atomic mass is 10.0. The van der Waals surface area contributed by atoms with E-state index in [1.54, 1.807) is 0 Å². The van der Waals surface area contributed by atoms with Gasteiger partial charge in [0.25, 0.3) is 0 Å². The average Bonchev–Trinajstić information content (AvgIpc) is 2.89. The van der Waals surface area contributed by atoms with Gasteiger partial charge in [-0.25, -0.2) is 0 Å². The summed E-state index contributed by atoms with van der Waals surface area (Å²) in [6.07, 6.45) is 3.72. The smallest absolute Gasteiger partial charge is 0.0564 e. The van der Waals surface area contributed by atoms with Gasteiger partial charge in [0.15, 0.2) is 0 Å². The van der Waals surface area contributed by atoms with Gasteiger partial charge in [-0.05, 0) is 52.0 Å². The number of aryl methyl sites for hydroxylation is 1. The third kappa shape index (κ3) is 3.57. The predicted octanol–water partition coefficient (Wildman–Crippen LogP) is 2.34. The van der Waals surface area contributed by atoms with Gasteiger partial charge >= 0.3 is 0 Å². The van der Waals surface area contributed by atoms with Crippen LogP contribution in [0.25, 0.3) is 0 Å². The van der Waals surface area contributed by atoms with Gasteiger partial charge in [-0.2, -0.15) is 0 Å². The summed E-state index contributed by atoms with van der Waals surface area (Å²) in [5.74, 6) is 0. The maximum atomic E-state index is 6.06. The lowest BCUT2D eigenvalue weighted by molar-refractivity contribution is 0.0997. The van der Waals surface area contributed by atoms with Crippen LogP contribution < -0.4 is 5.73 Å². The molecule has 2 rings (SSSR count). The molecule has 0 aliphatic carbocycles. The summed E-state index contributed by atoms with van der Waals surface area (Å²) < 4.78 is 0. The molecule has 1 aliphatic heterocycles. The van der Waals surface area contributed by atoms with Crippen LogP contribution in [0.15, 0.2) is 12.1 Å². The molecule has 2 unspecified atom stereocenters. The van der Waals surface area contributed by atoms with E-state index in [0.717, 1.165) is 19.5 Å². The van der Waals surface area contributed by atoms with Crippen molar-refractivity contribution >= 4 is 11.3 Å². The molecule has 1 aliphatic rings. The van der Waals surface area contributed by atoms with Gasteiger partial charge in [-0.3, -0.25) is 4.90 Å². The molecule has 2 heterocycles. The van der Waals surface area contributed by atoms with E-state index in [-0.39, 0.29) is 0 Å². The lowest BCUT2D eigenvalue weighted by Gasteiger charge is -2.39. The molecule has 1 aromatic rings. The first-order chi connectivity index (χ1) is 9.15. The van der Waals surface area contributed by atoms with E-state index < -0.39 is 0 Å². The number of rotatable bonds is 5. The fourth-order valence-electron chi connectivity index (χ4n) is 2.90.